The van der Waals surface area contributed by atoms with Gasteiger partial charge in [-0.05, 0) is 25.0 Å². The molecule has 5 nitrogen and oxygen atoms in total. The molecule has 1 aromatic rings. The number of benzene rings is 1. The molecule has 2 aliphatic rings. The number of carbonyl (C=O) groups is 2. The highest BCUT2D eigenvalue weighted by Crippen LogP contribution is 2.40. The SMILES string of the molecule is COc1cc(N)ccc1SC1CC(=O)N(C2CC2)C1=O. The Bertz CT molecular complexity index is 572. The molecule has 0 radical (unpaired) electrons. The van der Waals surface area contributed by atoms with Gasteiger partial charge in [0.05, 0.1) is 17.3 Å². The maximum absolute atomic E-state index is 12.3. The first-order valence-corrected chi connectivity index (χ1v) is 7.44. The number of likely N-dealkylation sites (tertiary alicyclic amines) is 1. The molecule has 2 N–H and O–H groups in total. The number of nitrogens with zero attached hydrogens (tertiary/aromatic N) is 1. The van der Waals surface area contributed by atoms with Crippen molar-refractivity contribution in [3.63, 3.8) is 0 Å². The van der Waals surface area contributed by atoms with Gasteiger partial charge < -0.3 is 10.5 Å². The second-order valence-corrected chi connectivity index (χ2v) is 6.30. The third kappa shape index (κ3) is 2.35. The zero-order valence-corrected chi connectivity index (χ0v) is 12.0. The van der Waals surface area contributed by atoms with Gasteiger partial charge in [0.1, 0.15) is 5.75 Å². The van der Waals surface area contributed by atoms with Crippen LogP contribution in [0.5, 0.6) is 5.75 Å². The molecule has 0 bridgehead atoms. The van der Waals surface area contributed by atoms with Crippen molar-refractivity contribution in [2.75, 3.05) is 12.8 Å². The first-order valence-electron chi connectivity index (χ1n) is 6.56. The number of nitrogen functional groups attached to an aromatic ring is 1. The Balaban J connectivity index is 1.78. The van der Waals surface area contributed by atoms with Gasteiger partial charge in [-0.2, -0.15) is 0 Å². The molecule has 2 amide bonds. The molecular formula is C14H16N2O3S. The number of hydrogen-bond acceptors (Lipinski definition) is 5. The van der Waals surface area contributed by atoms with Crippen molar-refractivity contribution >= 4 is 29.3 Å². The van der Waals surface area contributed by atoms with Crippen LogP contribution < -0.4 is 10.5 Å². The lowest BCUT2D eigenvalue weighted by molar-refractivity contribution is -0.138. The number of carbonyl (C=O) groups excluding carboxylic acids is 2. The van der Waals surface area contributed by atoms with E-state index in [2.05, 4.69) is 0 Å². The molecule has 1 aliphatic heterocycles. The van der Waals surface area contributed by atoms with Crippen molar-refractivity contribution in [2.24, 2.45) is 0 Å². The second-order valence-electron chi connectivity index (χ2n) is 5.05. The molecule has 1 aromatic carbocycles. The number of thioether (sulfide) groups is 1. The van der Waals surface area contributed by atoms with E-state index in [9.17, 15) is 9.59 Å². The maximum Gasteiger partial charge on any atom is 0.243 e. The van der Waals surface area contributed by atoms with Gasteiger partial charge in [0.2, 0.25) is 11.8 Å². The summed E-state index contributed by atoms with van der Waals surface area (Å²) in [6, 6.07) is 5.47. The van der Waals surface area contributed by atoms with Crippen molar-refractivity contribution < 1.29 is 14.3 Å². The minimum Gasteiger partial charge on any atom is -0.496 e. The van der Waals surface area contributed by atoms with E-state index in [0.717, 1.165) is 17.7 Å². The molecule has 0 spiro atoms. The van der Waals surface area contributed by atoms with E-state index in [1.807, 2.05) is 6.07 Å². The minimum atomic E-state index is -0.347. The Hall–Kier alpha value is -1.69. The van der Waals surface area contributed by atoms with Crippen LogP contribution in [0.15, 0.2) is 23.1 Å². The summed E-state index contributed by atoms with van der Waals surface area (Å²) in [6.45, 7) is 0. The predicted molar refractivity (Wildman–Crippen MR) is 76.5 cm³/mol. The molecule has 1 atom stereocenters. The standard InChI is InChI=1S/C14H16N2O3S/c1-19-10-6-8(15)2-5-11(10)20-12-7-13(17)16(14(12)18)9-3-4-9/h2,5-6,9,12H,3-4,7,15H2,1H3. The van der Waals surface area contributed by atoms with Crippen LogP contribution in [-0.2, 0) is 9.59 Å². The van der Waals surface area contributed by atoms with Gasteiger partial charge in [-0.3, -0.25) is 14.5 Å². The third-order valence-corrected chi connectivity index (χ3v) is 4.75. The number of methoxy groups -OCH3 is 1. The van der Waals surface area contributed by atoms with Crippen LogP contribution in [0.2, 0.25) is 0 Å². The number of anilines is 1. The lowest BCUT2D eigenvalue weighted by Gasteiger charge is -2.14. The van der Waals surface area contributed by atoms with E-state index in [1.165, 1.54) is 16.7 Å². The molecular weight excluding hydrogens is 276 g/mol. The summed E-state index contributed by atoms with van der Waals surface area (Å²) >= 11 is 1.38. The van der Waals surface area contributed by atoms with Crippen molar-refractivity contribution in [3.05, 3.63) is 18.2 Å². The number of hydrogen-bond donors (Lipinski definition) is 1. The molecule has 1 saturated heterocycles. The normalized spacial score (nSPS) is 22.4. The Labute approximate surface area is 121 Å². The maximum atomic E-state index is 12.3. The predicted octanol–water partition coefficient (Wildman–Crippen LogP) is 1.66. The van der Waals surface area contributed by atoms with Gasteiger partial charge in [0, 0.05) is 24.2 Å². The van der Waals surface area contributed by atoms with E-state index in [-0.39, 0.29) is 29.5 Å². The lowest BCUT2D eigenvalue weighted by Crippen LogP contribution is -2.33. The Morgan fingerprint density at radius 2 is 2.10 bits per heavy atom. The van der Waals surface area contributed by atoms with Crippen LogP contribution in [0.25, 0.3) is 0 Å². The highest BCUT2D eigenvalue weighted by atomic mass is 32.2. The fraction of sp³-hybridized carbons (Fsp3) is 0.429. The summed E-state index contributed by atoms with van der Waals surface area (Å²) in [5.41, 5.74) is 6.32. The van der Waals surface area contributed by atoms with E-state index < -0.39 is 0 Å². The monoisotopic (exact) mass is 292 g/mol. The quantitative estimate of drug-likeness (QED) is 0.675. The van der Waals surface area contributed by atoms with Crippen LogP contribution in [-0.4, -0.2) is 35.1 Å². The number of ether oxygens (including phenoxy) is 1. The van der Waals surface area contributed by atoms with E-state index in [0.29, 0.717) is 11.4 Å². The molecule has 0 aromatic heterocycles. The van der Waals surface area contributed by atoms with Gasteiger partial charge in [0.25, 0.3) is 0 Å². The zero-order valence-electron chi connectivity index (χ0n) is 11.2. The summed E-state index contributed by atoms with van der Waals surface area (Å²) in [5, 5.41) is -0.347. The van der Waals surface area contributed by atoms with Gasteiger partial charge in [-0.15, -0.1) is 11.8 Å². The second kappa shape index (κ2) is 5.01. The fourth-order valence-corrected chi connectivity index (χ4v) is 3.52. The number of nitrogens with two attached hydrogens (primary N) is 1. The summed E-state index contributed by atoms with van der Waals surface area (Å²) in [4.78, 5) is 26.5. The molecule has 6 heteroatoms. The Kier molecular flexibility index (Phi) is 3.33. The smallest absolute Gasteiger partial charge is 0.243 e. The Morgan fingerprint density at radius 3 is 2.75 bits per heavy atom. The first kappa shape index (κ1) is 13.3. The van der Waals surface area contributed by atoms with Crippen LogP contribution in [0.3, 0.4) is 0 Å². The van der Waals surface area contributed by atoms with E-state index in [1.54, 1.807) is 19.2 Å². The highest BCUT2D eigenvalue weighted by molar-refractivity contribution is 8.00. The molecule has 1 aliphatic carbocycles. The van der Waals surface area contributed by atoms with E-state index >= 15 is 0 Å². The Morgan fingerprint density at radius 1 is 1.35 bits per heavy atom. The molecule has 3 rings (SSSR count). The average molecular weight is 292 g/mol. The topological polar surface area (TPSA) is 72.6 Å². The average Bonchev–Trinajstić information content (AvgIpc) is 3.20. The van der Waals surface area contributed by atoms with Crippen LogP contribution >= 0.6 is 11.8 Å². The summed E-state index contributed by atoms with van der Waals surface area (Å²) in [6.07, 6.45) is 2.16. The minimum absolute atomic E-state index is 0.0515. The summed E-state index contributed by atoms with van der Waals surface area (Å²) in [7, 11) is 1.57. The summed E-state index contributed by atoms with van der Waals surface area (Å²) in [5.74, 6) is 0.519. The van der Waals surface area contributed by atoms with Crippen molar-refractivity contribution in [3.8, 4) is 5.75 Å². The summed E-state index contributed by atoms with van der Waals surface area (Å²) < 4.78 is 5.27. The van der Waals surface area contributed by atoms with Crippen LogP contribution in [0.1, 0.15) is 19.3 Å². The zero-order chi connectivity index (χ0) is 14.3. The molecule has 1 unspecified atom stereocenters. The first-order chi connectivity index (χ1) is 9.60. The van der Waals surface area contributed by atoms with E-state index in [4.69, 9.17) is 10.5 Å². The van der Waals surface area contributed by atoms with Crippen molar-refractivity contribution in [2.45, 2.75) is 35.4 Å². The third-order valence-electron chi connectivity index (χ3n) is 3.51. The van der Waals surface area contributed by atoms with Gasteiger partial charge in [-0.25, -0.2) is 0 Å². The van der Waals surface area contributed by atoms with Crippen molar-refractivity contribution in [1.82, 2.24) is 4.90 Å². The van der Waals surface area contributed by atoms with Gasteiger partial charge >= 0.3 is 0 Å². The number of imide groups is 1. The number of rotatable bonds is 4. The van der Waals surface area contributed by atoms with Crippen LogP contribution in [0.4, 0.5) is 5.69 Å². The molecule has 20 heavy (non-hydrogen) atoms. The molecule has 106 valence electrons. The highest BCUT2D eigenvalue weighted by Gasteiger charge is 2.46. The largest absolute Gasteiger partial charge is 0.496 e. The lowest BCUT2D eigenvalue weighted by atomic mass is 10.3. The molecule has 1 heterocycles. The van der Waals surface area contributed by atoms with Crippen molar-refractivity contribution in [1.29, 1.82) is 0 Å². The fourth-order valence-electron chi connectivity index (χ4n) is 2.37. The van der Waals surface area contributed by atoms with Gasteiger partial charge in [-0.1, -0.05) is 0 Å². The van der Waals surface area contributed by atoms with Crippen LogP contribution in [0, 0.1) is 0 Å². The number of amides is 2. The molecule has 2 fully saturated rings. The van der Waals surface area contributed by atoms with Gasteiger partial charge in [0.15, 0.2) is 0 Å². The molecule has 1 saturated carbocycles.